The van der Waals surface area contributed by atoms with Crippen LogP contribution in [0.5, 0.6) is 0 Å². The number of halogens is 1. The van der Waals surface area contributed by atoms with Crippen LogP contribution in [0.15, 0.2) is 0 Å². The van der Waals surface area contributed by atoms with Gasteiger partial charge in [-0.15, -0.1) is 0 Å². The van der Waals surface area contributed by atoms with Gasteiger partial charge in [-0.25, -0.2) is 0 Å². The Morgan fingerprint density at radius 1 is 1.25 bits per heavy atom. The maximum absolute atomic E-state index is 3.75. The molecule has 72 valence electrons. The van der Waals surface area contributed by atoms with Gasteiger partial charge in [0.05, 0.1) is 0 Å². The lowest BCUT2D eigenvalue weighted by atomic mass is 9.66. The molecule has 3 unspecified atom stereocenters. The molecule has 0 aliphatic heterocycles. The van der Waals surface area contributed by atoms with Gasteiger partial charge in [0, 0.05) is 4.83 Å². The van der Waals surface area contributed by atoms with E-state index in [1.807, 2.05) is 0 Å². The van der Waals surface area contributed by atoms with E-state index in [2.05, 4.69) is 43.6 Å². The minimum atomic E-state index is 0.539. The van der Waals surface area contributed by atoms with Crippen LogP contribution in [0.3, 0.4) is 0 Å². The zero-order valence-corrected chi connectivity index (χ0v) is 10.3. The number of alkyl halides is 1. The van der Waals surface area contributed by atoms with Crippen molar-refractivity contribution in [2.45, 2.75) is 51.8 Å². The molecule has 0 aromatic heterocycles. The lowest BCUT2D eigenvalue weighted by molar-refractivity contribution is 0.126. The highest BCUT2D eigenvalue weighted by Gasteiger charge is 2.36. The van der Waals surface area contributed by atoms with E-state index in [9.17, 15) is 0 Å². The van der Waals surface area contributed by atoms with Gasteiger partial charge in [-0.3, -0.25) is 0 Å². The lowest BCUT2D eigenvalue weighted by Crippen LogP contribution is -2.34. The van der Waals surface area contributed by atoms with E-state index in [1.165, 1.54) is 19.3 Å². The van der Waals surface area contributed by atoms with Gasteiger partial charge in [0.1, 0.15) is 0 Å². The summed E-state index contributed by atoms with van der Waals surface area (Å²) in [6, 6.07) is 0. The molecule has 3 atom stereocenters. The first-order chi connectivity index (χ1) is 5.44. The lowest BCUT2D eigenvalue weighted by Gasteiger charge is -2.42. The predicted molar refractivity (Wildman–Crippen MR) is 58.7 cm³/mol. The summed E-state index contributed by atoms with van der Waals surface area (Å²) in [5.41, 5.74) is 0.539. The van der Waals surface area contributed by atoms with Crippen LogP contribution < -0.4 is 0 Å². The molecule has 1 aliphatic carbocycles. The molecule has 1 saturated carbocycles. The Balaban J connectivity index is 2.65. The van der Waals surface area contributed by atoms with Crippen LogP contribution in [0.2, 0.25) is 0 Å². The van der Waals surface area contributed by atoms with Crippen LogP contribution in [0.1, 0.15) is 47.0 Å². The second-order valence-corrected chi connectivity index (χ2v) is 6.50. The minimum absolute atomic E-state index is 0.539. The normalized spacial score (nSPS) is 45.8. The summed E-state index contributed by atoms with van der Waals surface area (Å²) >= 11 is 3.75. The van der Waals surface area contributed by atoms with Crippen LogP contribution in [0, 0.1) is 17.3 Å². The van der Waals surface area contributed by atoms with E-state index in [1.54, 1.807) is 0 Å². The molecule has 0 heterocycles. The van der Waals surface area contributed by atoms with Gasteiger partial charge >= 0.3 is 0 Å². The Labute approximate surface area is 85.3 Å². The van der Waals surface area contributed by atoms with Crippen molar-refractivity contribution >= 4 is 15.9 Å². The molecule has 0 radical (unpaired) electrons. The summed E-state index contributed by atoms with van der Waals surface area (Å²) in [6.45, 7) is 9.51. The zero-order chi connectivity index (χ0) is 9.35. The smallest absolute Gasteiger partial charge is 0.0171 e. The fourth-order valence-electron chi connectivity index (χ4n) is 2.85. The van der Waals surface area contributed by atoms with E-state index in [-0.39, 0.29) is 0 Å². The van der Waals surface area contributed by atoms with Gasteiger partial charge in [0.15, 0.2) is 0 Å². The van der Waals surface area contributed by atoms with Crippen molar-refractivity contribution in [3.8, 4) is 0 Å². The van der Waals surface area contributed by atoms with Crippen molar-refractivity contribution in [2.75, 3.05) is 0 Å². The van der Waals surface area contributed by atoms with E-state index < -0.39 is 0 Å². The van der Waals surface area contributed by atoms with E-state index in [0.717, 1.165) is 11.8 Å². The molecular weight excluding hydrogens is 212 g/mol. The number of hydrogen-bond donors (Lipinski definition) is 0. The molecule has 0 saturated heterocycles. The topological polar surface area (TPSA) is 0 Å². The first-order valence-electron chi connectivity index (χ1n) is 5.08. The third kappa shape index (κ3) is 2.25. The minimum Gasteiger partial charge on any atom is -0.0888 e. The Morgan fingerprint density at radius 3 is 2.00 bits per heavy atom. The van der Waals surface area contributed by atoms with Crippen LogP contribution in [0.4, 0.5) is 0 Å². The molecule has 1 aliphatic rings. The number of rotatable bonds is 1. The molecular formula is C11H21Br. The predicted octanol–water partition coefficient (Wildman–Crippen LogP) is 4.23. The third-order valence-electron chi connectivity index (χ3n) is 3.39. The van der Waals surface area contributed by atoms with Crippen LogP contribution in [-0.4, -0.2) is 4.83 Å². The molecule has 0 aromatic carbocycles. The molecule has 1 heteroatoms. The summed E-state index contributed by atoms with van der Waals surface area (Å²) < 4.78 is 0. The molecule has 1 rings (SSSR count). The number of hydrogen-bond acceptors (Lipinski definition) is 0. The van der Waals surface area contributed by atoms with Crippen molar-refractivity contribution in [2.24, 2.45) is 17.3 Å². The highest BCUT2D eigenvalue weighted by molar-refractivity contribution is 9.09. The van der Waals surface area contributed by atoms with Gasteiger partial charge in [-0.1, -0.05) is 43.6 Å². The van der Waals surface area contributed by atoms with Gasteiger partial charge in [-0.2, -0.15) is 0 Å². The molecule has 0 amide bonds. The van der Waals surface area contributed by atoms with E-state index in [4.69, 9.17) is 0 Å². The van der Waals surface area contributed by atoms with E-state index >= 15 is 0 Å². The molecule has 0 bridgehead atoms. The monoisotopic (exact) mass is 232 g/mol. The van der Waals surface area contributed by atoms with Crippen molar-refractivity contribution < 1.29 is 0 Å². The van der Waals surface area contributed by atoms with E-state index in [0.29, 0.717) is 10.2 Å². The Kier molecular flexibility index (Phi) is 3.25. The second-order valence-electron chi connectivity index (χ2n) is 5.12. The maximum Gasteiger partial charge on any atom is 0.0171 e. The Bertz CT molecular complexity index is 141. The quantitative estimate of drug-likeness (QED) is 0.594. The average molecular weight is 233 g/mol. The summed E-state index contributed by atoms with van der Waals surface area (Å²) in [4.78, 5) is 0.662. The SMILES string of the molecule is CC1CC(C)CC(C)(C(C)Br)C1. The van der Waals surface area contributed by atoms with Gasteiger partial charge in [0.2, 0.25) is 0 Å². The highest BCUT2D eigenvalue weighted by Crippen LogP contribution is 2.46. The van der Waals surface area contributed by atoms with Crippen molar-refractivity contribution in [1.29, 1.82) is 0 Å². The molecule has 1 fully saturated rings. The largest absolute Gasteiger partial charge is 0.0888 e. The Hall–Kier alpha value is 0.480. The van der Waals surface area contributed by atoms with Crippen molar-refractivity contribution in [3.05, 3.63) is 0 Å². The molecule has 0 aromatic rings. The van der Waals surface area contributed by atoms with Crippen molar-refractivity contribution in [3.63, 3.8) is 0 Å². The van der Waals surface area contributed by atoms with Crippen molar-refractivity contribution in [1.82, 2.24) is 0 Å². The molecule has 12 heavy (non-hydrogen) atoms. The van der Waals surface area contributed by atoms with Crippen LogP contribution in [-0.2, 0) is 0 Å². The fourth-order valence-corrected chi connectivity index (χ4v) is 3.23. The summed E-state index contributed by atoms with van der Waals surface area (Å²) in [5, 5.41) is 0. The zero-order valence-electron chi connectivity index (χ0n) is 8.73. The summed E-state index contributed by atoms with van der Waals surface area (Å²) in [7, 11) is 0. The van der Waals surface area contributed by atoms with Crippen LogP contribution >= 0.6 is 15.9 Å². The highest BCUT2D eigenvalue weighted by atomic mass is 79.9. The van der Waals surface area contributed by atoms with Gasteiger partial charge < -0.3 is 0 Å². The molecule has 0 nitrogen and oxygen atoms in total. The van der Waals surface area contributed by atoms with Crippen LogP contribution in [0.25, 0.3) is 0 Å². The van der Waals surface area contributed by atoms with Gasteiger partial charge in [-0.05, 0) is 36.5 Å². The fraction of sp³-hybridized carbons (Fsp3) is 1.00. The summed E-state index contributed by atoms with van der Waals surface area (Å²) in [6.07, 6.45) is 4.21. The Morgan fingerprint density at radius 2 is 1.67 bits per heavy atom. The third-order valence-corrected chi connectivity index (χ3v) is 4.50. The second kappa shape index (κ2) is 3.69. The summed E-state index contributed by atoms with van der Waals surface area (Å²) in [5.74, 6) is 1.83. The molecule has 0 N–H and O–H groups in total. The standard InChI is InChI=1S/C11H21Br/c1-8-5-9(2)7-11(4,6-8)10(3)12/h8-10H,5-7H2,1-4H3. The van der Waals surface area contributed by atoms with Gasteiger partial charge in [0.25, 0.3) is 0 Å². The maximum atomic E-state index is 3.75. The first-order valence-corrected chi connectivity index (χ1v) is 5.99. The average Bonchev–Trinajstić information content (AvgIpc) is 1.82. The molecule has 0 spiro atoms. The first kappa shape index (κ1) is 10.6.